The monoisotopic (exact) mass is 266 g/mol. The van der Waals surface area contributed by atoms with E-state index in [2.05, 4.69) is 5.32 Å². The molecule has 1 N–H and O–H groups in total. The molecule has 1 aliphatic rings. The minimum Gasteiger partial charge on any atom is -0.342 e. The van der Waals surface area contributed by atoms with Crippen LogP contribution >= 0.6 is 0 Å². The van der Waals surface area contributed by atoms with Gasteiger partial charge in [0.25, 0.3) is 0 Å². The first-order valence-corrected chi connectivity index (χ1v) is 7.12. The number of hydrogen-bond acceptors (Lipinski definition) is 2. The lowest BCUT2D eigenvalue weighted by molar-refractivity contribution is -0.150. The van der Waals surface area contributed by atoms with Crippen molar-refractivity contribution in [2.75, 3.05) is 6.54 Å². The molecule has 108 valence electrons. The van der Waals surface area contributed by atoms with Gasteiger partial charge in [-0.25, -0.2) is 0 Å². The van der Waals surface area contributed by atoms with Gasteiger partial charge in [-0.1, -0.05) is 38.8 Å². The maximum absolute atomic E-state index is 12.5. The van der Waals surface area contributed by atoms with Crippen LogP contribution < -0.4 is 5.32 Å². The standard InChI is InChI=1S/C15H26N2O2/c1-6-7-12-15(19)17(9-8-10(2)3)13(11(4)5)14(18)16-12/h8,11-13H,6-7,9H2,1-5H3,(H,16,18). The molecule has 1 aliphatic heterocycles. The second-order valence-electron chi connectivity index (χ2n) is 5.81. The summed E-state index contributed by atoms with van der Waals surface area (Å²) in [6, 6.07) is -0.700. The van der Waals surface area contributed by atoms with Crippen LogP contribution in [0.25, 0.3) is 0 Å². The van der Waals surface area contributed by atoms with Crippen molar-refractivity contribution in [1.82, 2.24) is 10.2 Å². The first-order valence-electron chi connectivity index (χ1n) is 7.12. The van der Waals surface area contributed by atoms with E-state index in [0.717, 1.165) is 12.0 Å². The van der Waals surface area contributed by atoms with Gasteiger partial charge >= 0.3 is 0 Å². The zero-order valence-corrected chi connectivity index (χ0v) is 12.7. The number of nitrogens with zero attached hydrogens (tertiary/aromatic N) is 1. The lowest BCUT2D eigenvalue weighted by Crippen LogP contribution is -2.64. The van der Waals surface area contributed by atoms with Crippen LogP contribution in [0.2, 0.25) is 0 Å². The van der Waals surface area contributed by atoms with Gasteiger partial charge < -0.3 is 10.2 Å². The maximum atomic E-state index is 12.5. The molecule has 0 aromatic rings. The molecule has 4 nitrogen and oxygen atoms in total. The molecule has 4 heteroatoms. The summed E-state index contributed by atoms with van der Waals surface area (Å²) in [4.78, 5) is 26.4. The summed E-state index contributed by atoms with van der Waals surface area (Å²) in [5.74, 6) is 0.157. The van der Waals surface area contributed by atoms with Gasteiger partial charge in [0.15, 0.2) is 0 Å². The van der Waals surface area contributed by atoms with Crippen molar-refractivity contribution in [2.24, 2.45) is 5.92 Å². The number of nitrogens with one attached hydrogen (secondary N) is 1. The van der Waals surface area contributed by atoms with Crippen molar-refractivity contribution in [1.29, 1.82) is 0 Å². The van der Waals surface area contributed by atoms with Gasteiger partial charge in [-0.2, -0.15) is 0 Å². The SMILES string of the molecule is CCCC1NC(=O)C(C(C)C)N(CC=C(C)C)C1=O. The van der Waals surface area contributed by atoms with Gasteiger partial charge in [0.1, 0.15) is 12.1 Å². The Kier molecular flexibility index (Phi) is 5.58. The van der Waals surface area contributed by atoms with Gasteiger partial charge in [-0.15, -0.1) is 0 Å². The second-order valence-corrected chi connectivity index (χ2v) is 5.81. The summed E-state index contributed by atoms with van der Waals surface area (Å²) in [7, 11) is 0. The number of amides is 2. The molecular weight excluding hydrogens is 240 g/mol. The summed E-state index contributed by atoms with van der Waals surface area (Å²) in [5, 5.41) is 2.87. The van der Waals surface area contributed by atoms with E-state index < -0.39 is 0 Å². The smallest absolute Gasteiger partial charge is 0.246 e. The molecule has 0 spiro atoms. The number of carbonyl (C=O) groups is 2. The zero-order chi connectivity index (χ0) is 14.6. The van der Waals surface area contributed by atoms with Crippen LogP contribution in [0.3, 0.4) is 0 Å². The van der Waals surface area contributed by atoms with Crippen LogP contribution in [0.4, 0.5) is 0 Å². The van der Waals surface area contributed by atoms with E-state index in [9.17, 15) is 9.59 Å². The van der Waals surface area contributed by atoms with Crippen molar-refractivity contribution in [3.05, 3.63) is 11.6 Å². The molecule has 0 radical (unpaired) electrons. The Balaban J connectivity index is 2.96. The van der Waals surface area contributed by atoms with E-state index in [0.29, 0.717) is 13.0 Å². The van der Waals surface area contributed by atoms with Crippen molar-refractivity contribution >= 4 is 11.8 Å². The average molecular weight is 266 g/mol. The molecule has 1 rings (SSSR count). The van der Waals surface area contributed by atoms with E-state index in [1.165, 1.54) is 0 Å². The average Bonchev–Trinajstić information content (AvgIpc) is 2.30. The highest BCUT2D eigenvalue weighted by Crippen LogP contribution is 2.19. The number of carbonyl (C=O) groups excluding carboxylic acids is 2. The zero-order valence-electron chi connectivity index (χ0n) is 12.7. The van der Waals surface area contributed by atoms with E-state index in [1.807, 2.05) is 40.7 Å². The summed E-state index contributed by atoms with van der Waals surface area (Å²) in [6.07, 6.45) is 3.61. The quantitative estimate of drug-likeness (QED) is 0.775. The fraction of sp³-hybridized carbons (Fsp3) is 0.733. The highest BCUT2D eigenvalue weighted by Gasteiger charge is 2.40. The molecular formula is C15H26N2O2. The van der Waals surface area contributed by atoms with Crippen molar-refractivity contribution in [2.45, 2.75) is 59.5 Å². The van der Waals surface area contributed by atoms with Crippen LogP contribution in [-0.4, -0.2) is 35.3 Å². The van der Waals surface area contributed by atoms with Gasteiger partial charge in [0.2, 0.25) is 11.8 Å². The third-order valence-corrected chi connectivity index (χ3v) is 3.41. The normalized spacial score (nSPS) is 23.6. The second kappa shape index (κ2) is 6.73. The molecule has 1 fully saturated rings. The maximum Gasteiger partial charge on any atom is 0.246 e. The van der Waals surface area contributed by atoms with E-state index >= 15 is 0 Å². The van der Waals surface area contributed by atoms with Crippen molar-refractivity contribution < 1.29 is 9.59 Å². The summed E-state index contributed by atoms with van der Waals surface area (Å²) in [5.41, 5.74) is 1.16. The minimum absolute atomic E-state index is 0.0183. The number of piperazine rings is 1. The Hall–Kier alpha value is -1.32. The van der Waals surface area contributed by atoms with Crippen LogP contribution in [-0.2, 0) is 9.59 Å². The Labute approximate surface area is 116 Å². The molecule has 1 heterocycles. The van der Waals surface area contributed by atoms with Gasteiger partial charge in [0, 0.05) is 6.54 Å². The van der Waals surface area contributed by atoms with Crippen LogP contribution in [0, 0.1) is 5.92 Å². The Morgan fingerprint density at radius 3 is 2.47 bits per heavy atom. The highest BCUT2D eigenvalue weighted by atomic mass is 16.2. The molecule has 1 saturated heterocycles. The first kappa shape index (κ1) is 15.7. The summed E-state index contributed by atoms with van der Waals surface area (Å²) < 4.78 is 0. The molecule has 0 aromatic carbocycles. The van der Waals surface area contributed by atoms with Gasteiger partial charge in [-0.3, -0.25) is 9.59 Å². The largest absolute Gasteiger partial charge is 0.342 e. The third-order valence-electron chi connectivity index (χ3n) is 3.41. The lowest BCUT2D eigenvalue weighted by Gasteiger charge is -2.40. The minimum atomic E-state index is -0.351. The molecule has 19 heavy (non-hydrogen) atoms. The third kappa shape index (κ3) is 3.82. The van der Waals surface area contributed by atoms with Crippen molar-refractivity contribution in [3.63, 3.8) is 0 Å². The lowest BCUT2D eigenvalue weighted by atomic mass is 9.95. The van der Waals surface area contributed by atoms with Crippen LogP contribution in [0.1, 0.15) is 47.5 Å². The predicted molar refractivity (Wildman–Crippen MR) is 76.6 cm³/mol. The van der Waals surface area contributed by atoms with Crippen LogP contribution in [0.5, 0.6) is 0 Å². The molecule has 0 saturated carbocycles. The van der Waals surface area contributed by atoms with E-state index in [4.69, 9.17) is 0 Å². The van der Waals surface area contributed by atoms with E-state index in [1.54, 1.807) is 4.90 Å². The number of allylic oxidation sites excluding steroid dienone is 1. The van der Waals surface area contributed by atoms with Gasteiger partial charge in [-0.05, 0) is 26.2 Å². The molecule has 0 bridgehead atoms. The number of hydrogen-bond donors (Lipinski definition) is 1. The summed E-state index contributed by atoms with van der Waals surface area (Å²) >= 11 is 0. The fourth-order valence-corrected chi connectivity index (χ4v) is 2.43. The summed E-state index contributed by atoms with van der Waals surface area (Å²) in [6.45, 7) is 10.5. The van der Waals surface area contributed by atoms with Crippen LogP contribution in [0.15, 0.2) is 11.6 Å². The molecule has 0 aromatic heterocycles. The number of rotatable bonds is 5. The topological polar surface area (TPSA) is 49.4 Å². The Morgan fingerprint density at radius 1 is 1.37 bits per heavy atom. The predicted octanol–water partition coefficient (Wildman–Crippen LogP) is 2.10. The van der Waals surface area contributed by atoms with E-state index in [-0.39, 0.29) is 29.8 Å². The van der Waals surface area contributed by atoms with Crippen molar-refractivity contribution in [3.8, 4) is 0 Å². The molecule has 0 aliphatic carbocycles. The Morgan fingerprint density at radius 2 is 2.00 bits per heavy atom. The van der Waals surface area contributed by atoms with Gasteiger partial charge in [0.05, 0.1) is 0 Å². The molecule has 2 amide bonds. The fourth-order valence-electron chi connectivity index (χ4n) is 2.43. The molecule has 2 atom stereocenters. The Bertz CT molecular complexity index is 370. The highest BCUT2D eigenvalue weighted by molar-refractivity contribution is 5.97. The first-order chi connectivity index (χ1) is 8.88. The molecule has 2 unspecified atom stereocenters.